The fourth-order valence-electron chi connectivity index (χ4n) is 1.38. The van der Waals surface area contributed by atoms with Crippen molar-refractivity contribution in [3.05, 3.63) is 54.4 Å². The molecule has 17 heavy (non-hydrogen) atoms. The van der Waals surface area contributed by atoms with E-state index in [1.165, 1.54) is 0 Å². The maximum atomic E-state index is 11.0. The van der Waals surface area contributed by atoms with Gasteiger partial charge in [-0.1, -0.05) is 0 Å². The number of nitro benzene ring substituents is 1. The molecule has 0 saturated carbocycles. The maximum Gasteiger partial charge on any atom is 0.314 e. The van der Waals surface area contributed by atoms with Crippen molar-refractivity contribution in [1.29, 1.82) is 0 Å². The summed E-state index contributed by atoms with van der Waals surface area (Å²) in [4.78, 5) is 39.4. The molecule has 0 spiro atoms. The Kier molecular flexibility index (Phi) is 2.22. The highest BCUT2D eigenvalue weighted by molar-refractivity contribution is 5.84. The van der Waals surface area contributed by atoms with E-state index < -0.39 is 21.7 Å². The van der Waals surface area contributed by atoms with Crippen LogP contribution < -0.4 is 11.1 Å². The maximum absolute atomic E-state index is 11.0. The Morgan fingerprint density at radius 1 is 1.18 bits per heavy atom. The fraction of sp³-hybridized carbons (Fsp3) is 0. The van der Waals surface area contributed by atoms with E-state index in [9.17, 15) is 19.7 Å². The number of nitrogens with one attached hydrogen (secondary N) is 2. The van der Waals surface area contributed by atoms with Crippen LogP contribution in [0, 0.1) is 16.7 Å². The quantitative estimate of drug-likeness (QED) is 0.325. The molecule has 0 fully saturated rings. The van der Waals surface area contributed by atoms with Gasteiger partial charge in [0.2, 0.25) is 0 Å². The average Bonchev–Trinajstić information content (AvgIpc) is 2.29. The minimum Gasteiger partial charge on any atom is -0.317 e. The molecule has 2 rings (SSSR count). The number of H-pyrrole nitrogens is 2. The molecule has 0 bridgehead atoms. The van der Waals surface area contributed by atoms with E-state index in [1.54, 1.807) is 0 Å². The van der Waals surface area contributed by atoms with Gasteiger partial charge in [0.1, 0.15) is 0 Å². The first kappa shape index (κ1) is 10.6. The molecule has 0 atom stereocenters. The Labute approximate surface area is 92.5 Å². The standard InChI is InChI=1S/C9H4N4O4/c1-10-6-2-4-5(3-7(6)13(16)17)12-9(15)8(14)11-4/h2-3H,(H,11,14)(H,12,15). The molecule has 0 saturated heterocycles. The predicted molar refractivity (Wildman–Crippen MR) is 58.1 cm³/mol. The minimum absolute atomic E-state index is 0.105. The summed E-state index contributed by atoms with van der Waals surface area (Å²) in [5.41, 5.74) is -2.12. The summed E-state index contributed by atoms with van der Waals surface area (Å²) in [5.74, 6) is 0. The smallest absolute Gasteiger partial charge is 0.314 e. The summed E-state index contributed by atoms with van der Waals surface area (Å²) < 4.78 is 0. The number of fused-ring (bicyclic) bond motifs is 1. The number of hydrogen-bond acceptors (Lipinski definition) is 4. The van der Waals surface area contributed by atoms with Gasteiger partial charge >= 0.3 is 11.1 Å². The zero-order chi connectivity index (χ0) is 12.6. The highest BCUT2D eigenvalue weighted by atomic mass is 16.6. The second-order valence-corrected chi connectivity index (χ2v) is 3.16. The molecule has 8 heteroatoms. The Bertz CT molecular complexity index is 780. The van der Waals surface area contributed by atoms with Crippen LogP contribution in [0.3, 0.4) is 0 Å². The summed E-state index contributed by atoms with van der Waals surface area (Å²) in [6.07, 6.45) is 0. The Morgan fingerprint density at radius 3 is 2.18 bits per heavy atom. The number of nitro groups is 1. The Morgan fingerprint density at radius 2 is 1.71 bits per heavy atom. The van der Waals surface area contributed by atoms with E-state index in [2.05, 4.69) is 14.8 Å². The van der Waals surface area contributed by atoms with Gasteiger partial charge < -0.3 is 9.97 Å². The SMILES string of the molecule is [C-]#[N+]c1cc2[nH]c(=O)c(=O)[nH]c2cc1[N+](=O)[O-]. The molecular formula is C9H4N4O4. The van der Waals surface area contributed by atoms with Crippen LogP contribution in [0.1, 0.15) is 0 Å². The van der Waals surface area contributed by atoms with Crippen molar-refractivity contribution in [3.8, 4) is 0 Å². The number of benzene rings is 1. The first-order valence-corrected chi connectivity index (χ1v) is 4.35. The van der Waals surface area contributed by atoms with Crippen molar-refractivity contribution in [3.63, 3.8) is 0 Å². The summed E-state index contributed by atoms with van der Waals surface area (Å²) in [6.45, 7) is 6.81. The van der Waals surface area contributed by atoms with Gasteiger partial charge in [-0.25, -0.2) is 4.85 Å². The fourth-order valence-corrected chi connectivity index (χ4v) is 1.38. The summed E-state index contributed by atoms with van der Waals surface area (Å²) in [7, 11) is 0. The predicted octanol–water partition coefficient (Wildman–Crippen LogP) is 0.675. The highest BCUT2D eigenvalue weighted by Crippen LogP contribution is 2.30. The molecule has 0 unspecified atom stereocenters. The van der Waals surface area contributed by atoms with E-state index in [0.717, 1.165) is 12.1 Å². The van der Waals surface area contributed by atoms with Gasteiger partial charge in [0.25, 0.3) is 11.4 Å². The lowest BCUT2D eigenvalue weighted by molar-refractivity contribution is -0.383. The second kappa shape index (κ2) is 3.57. The molecule has 0 aliphatic heterocycles. The molecule has 0 radical (unpaired) electrons. The van der Waals surface area contributed by atoms with Crippen LogP contribution >= 0.6 is 0 Å². The molecular weight excluding hydrogens is 228 g/mol. The third kappa shape index (κ3) is 1.65. The number of hydrogen-bond donors (Lipinski definition) is 2. The summed E-state index contributed by atoms with van der Waals surface area (Å²) in [6, 6.07) is 2.19. The van der Waals surface area contributed by atoms with E-state index in [4.69, 9.17) is 6.57 Å². The lowest BCUT2D eigenvalue weighted by Crippen LogP contribution is -2.28. The molecule has 84 valence electrons. The molecule has 0 aliphatic carbocycles. The zero-order valence-corrected chi connectivity index (χ0v) is 8.18. The van der Waals surface area contributed by atoms with Crippen LogP contribution in [0.5, 0.6) is 0 Å². The number of rotatable bonds is 1. The summed E-state index contributed by atoms with van der Waals surface area (Å²) >= 11 is 0. The van der Waals surface area contributed by atoms with Crippen LogP contribution in [0.25, 0.3) is 15.9 Å². The number of aromatic nitrogens is 2. The van der Waals surface area contributed by atoms with Gasteiger partial charge in [-0.3, -0.25) is 19.7 Å². The average molecular weight is 232 g/mol. The largest absolute Gasteiger partial charge is 0.317 e. The van der Waals surface area contributed by atoms with Gasteiger partial charge in [0.05, 0.1) is 22.5 Å². The molecule has 8 nitrogen and oxygen atoms in total. The lowest BCUT2D eigenvalue weighted by Gasteiger charge is -1.99. The van der Waals surface area contributed by atoms with Gasteiger partial charge in [-0.2, -0.15) is 0 Å². The molecule has 0 aliphatic rings. The molecule has 0 amide bonds. The van der Waals surface area contributed by atoms with E-state index in [1.807, 2.05) is 0 Å². The van der Waals surface area contributed by atoms with Crippen LogP contribution in [-0.2, 0) is 0 Å². The monoisotopic (exact) mass is 232 g/mol. The van der Waals surface area contributed by atoms with Crippen LogP contribution in [0.15, 0.2) is 21.7 Å². The van der Waals surface area contributed by atoms with E-state index in [-0.39, 0.29) is 16.7 Å². The first-order valence-electron chi connectivity index (χ1n) is 4.35. The van der Waals surface area contributed by atoms with Gasteiger partial charge in [0.15, 0.2) is 0 Å². The topological polar surface area (TPSA) is 113 Å². The normalized spacial score (nSPS) is 10.1. The van der Waals surface area contributed by atoms with E-state index in [0.29, 0.717) is 0 Å². The van der Waals surface area contributed by atoms with Crippen molar-refractivity contribution in [2.45, 2.75) is 0 Å². The Balaban J connectivity index is 2.94. The third-order valence-corrected chi connectivity index (χ3v) is 2.13. The third-order valence-electron chi connectivity index (χ3n) is 2.13. The number of nitrogens with zero attached hydrogens (tertiary/aromatic N) is 2. The molecule has 2 aromatic rings. The summed E-state index contributed by atoms with van der Waals surface area (Å²) in [5, 5.41) is 10.7. The number of aromatic amines is 2. The highest BCUT2D eigenvalue weighted by Gasteiger charge is 2.16. The van der Waals surface area contributed by atoms with Crippen molar-refractivity contribution in [1.82, 2.24) is 9.97 Å². The first-order chi connectivity index (χ1) is 8.02. The van der Waals surface area contributed by atoms with Gasteiger partial charge in [-0.05, 0) is 6.07 Å². The Hall–Kier alpha value is -2.95. The second-order valence-electron chi connectivity index (χ2n) is 3.16. The van der Waals surface area contributed by atoms with E-state index >= 15 is 0 Å². The van der Waals surface area contributed by atoms with Crippen molar-refractivity contribution in [2.75, 3.05) is 0 Å². The molecule has 1 heterocycles. The van der Waals surface area contributed by atoms with Gasteiger partial charge in [-0.15, -0.1) is 0 Å². The van der Waals surface area contributed by atoms with Crippen LogP contribution in [0.4, 0.5) is 11.4 Å². The molecule has 1 aromatic heterocycles. The van der Waals surface area contributed by atoms with Crippen LogP contribution in [0.2, 0.25) is 0 Å². The minimum atomic E-state index is -0.901. The van der Waals surface area contributed by atoms with Crippen LogP contribution in [-0.4, -0.2) is 14.9 Å². The van der Waals surface area contributed by atoms with Crippen molar-refractivity contribution < 1.29 is 4.92 Å². The lowest BCUT2D eigenvalue weighted by atomic mass is 10.2. The molecule has 2 N–H and O–H groups in total. The zero-order valence-electron chi connectivity index (χ0n) is 8.18. The van der Waals surface area contributed by atoms with Crippen molar-refractivity contribution >= 4 is 22.4 Å². The molecule has 1 aromatic carbocycles. The van der Waals surface area contributed by atoms with Gasteiger partial charge in [0, 0.05) is 6.07 Å². The van der Waals surface area contributed by atoms with Crippen molar-refractivity contribution in [2.24, 2.45) is 0 Å².